The molecule has 0 radical (unpaired) electrons. The van der Waals surface area contributed by atoms with Crippen molar-refractivity contribution in [3.8, 4) is 16.9 Å². The van der Waals surface area contributed by atoms with Gasteiger partial charge in [-0.2, -0.15) is 0 Å². The molecule has 0 spiro atoms. The van der Waals surface area contributed by atoms with E-state index in [1.807, 2.05) is 43.3 Å². The van der Waals surface area contributed by atoms with Gasteiger partial charge in [0.25, 0.3) is 10.0 Å². The Bertz CT molecular complexity index is 1200. The normalized spacial score (nSPS) is 16.0. The maximum Gasteiger partial charge on any atom is 0.264 e. The van der Waals surface area contributed by atoms with Gasteiger partial charge in [0.05, 0.1) is 17.1 Å². The minimum atomic E-state index is -3.80. The van der Waals surface area contributed by atoms with Gasteiger partial charge in [0, 0.05) is 11.6 Å². The molecule has 1 aliphatic rings. The summed E-state index contributed by atoms with van der Waals surface area (Å²) in [5.74, 6) is 0.510. The summed E-state index contributed by atoms with van der Waals surface area (Å²) in [5.41, 5.74) is 3.12. The van der Waals surface area contributed by atoms with Gasteiger partial charge in [-0.1, -0.05) is 41.9 Å². The van der Waals surface area contributed by atoms with E-state index in [4.69, 9.17) is 16.3 Å². The molecule has 3 aromatic rings. The highest BCUT2D eigenvalue weighted by Crippen LogP contribution is 2.40. The largest absolute Gasteiger partial charge is 0.486 e. The average molecular weight is 458 g/mol. The zero-order chi connectivity index (χ0) is 22.0. The Morgan fingerprint density at radius 2 is 1.84 bits per heavy atom. The molecule has 0 aromatic heterocycles. The predicted octanol–water partition coefficient (Wildman–Crippen LogP) is 5.04. The van der Waals surface area contributed by atoms with Crippen LogP contribution in [0.25, 0.3) is 11.1 Å². The second-order valence-corrected chi connectivity index (χ2v) is 9.95. The number of benzene rings is 3. The molecular weight excluding hydrogens is 434 g/mol. The second kappa shape index (κ2) is 8.91. The van der Waals surface area contributed by atoms with Crippen molar-refractivity contribution in [2.24, 2.45) is 0 Å². The summed E-state index contributed by atoms with van der Waals surface area (Å²) >= 11 is 6.15. The van der Waals surface area contributed by atoms with E-state index in [1.165, 1.54) is 4.31 Å². The van der Waals surface area contributed by atoms with Crippen LogP contribution < -0.4 is 9.04 Å². The zero-order valence-electron chi connectivity index (χ0n) is 17.2. The van der Waals surface area contributed by atoms with Crippen LogP contribution in [0.4, 0.5) is 5.69 Å². The molecule has 1 heterocycles. The van der Waals surface area contributed by atoms with Crippen LogP contribution in [0, 0.1) is 6.92 Å². The van der Waals surface area contributed by atoms with Crippen molar-refractivity contribution >= 4 is 27.3 Å². The Morgan fingerprint density at radius 3 is 2.58 bits per heavy atom. The molecule has 1 aliphatic heterocycles. The summed E-state index contributed by atoms with van der Waals surface area (Å²) in [4.78, 5) is 0.245. The molecule has 1 N–H and O–H groups in total. The topological polar surface area (TPSA) is 66.8 Å². The molecule has 0 fully saturated rings. The van der Waals surface area contributed by atoms with Gasteiger partial charge >= 0.3 is 0 Å². The lowest BCUT2D eigenvalue weighted by Crippen LogP contribution is -2.43. The van der Waals surface area contributed by atoms with Crippen LogP contribution in [0.2, 0.25) is 5.02 Å². The average Bonchev–Trinajstić information content (AvgIpc) is 2.76. The second-order valence-electron chi connectivity index (χ2n) is 7.65. The fourth-order valence-corrected chi connectivity index (χ4v) is 5.55. The third-order valence-corrected chi connectivity index (χ3v) is 7.32. The molecular formula is C24H24ClNO4S. The van der Waals surface area contributed by atoms with Crippen LogP contribution in [-0.4, -0.2) is 32.8 Å². The third kappa shape index (κ3) is 4.56. The van der Waals surface area contributed by atoms with Crippen molar-refractivity contribution in [1.82, 2.24) is 0 Å². The van der Waals surface area contributed by atoms with Crippen molar-refractivity contribution in [3.63, 3.8) is 0 Å². The van der Waals surface area contributed by atoms with Crippen molar-refractivity contribution in [1.29, 1.82) is 0 Å². The van der Waals surface area contributed by atoms with Crippen LogP contribution in [0.15, 0.2) is 71.6 Å². The van der Waals surface area contributed by atoms with Gasteiger partial charge in [-0.15, -0.1) is 0 Å². The number of hydrogen-bond acceptors (Lipinski definition) is 4. The Hall–Kier alpha value is -2.54. The molecule has 3 aromatic carbocycles. The van der Waals surface area contributed by atoms with Crippen molar-refractivity contribution in [3.05, 3.63) is 77.3 Å². The summed E-state index contributed by atoms with van der Waals surface area (Å²) in [6.45, 7) is 2.08. The molecule has 0 saturated carbocycles. The van der Waals surface area contributed by atoms with Gasteiger partial charge in [0.15, 0.2) is 0 Å². The molecule has 0 saturated heterocycles. The quantitative estimate of drug-likeness (QED) is 0.562. The van der Waals surface area contributed by atoms with Crippen LogP contribution in [0.5, 0.6) is 5.75 Å². The molecule has 7 heteroatoms. The molecule has 4 rings (SSSR count). The van der Waals surface area contributed by atoms with Crippen LogP contribution in [0.1, 0.15) is 18.4 Å². The highest BCUT2D eigenvalue weighted by atomic mass is 35.5. The molecule has 0 unspecified atom stereocenters. The first-order valence-corrected chi connectivity index (χ1v) is 12.0. The minimum Gasteiger partial charge on any atom is -0.486 e. The van der Waals surface area contributed by atoms with Crippen LogP contribution >= 0.6 is 11.6 Å². The van der Waals surface area contributed by atoms with Crippen LogP contribution in [-0.2, 0) is 10.0 Å². The zero-order valence-corrected chi connectivity index (χ0v) is 18.7. The summed E-state index contributed by atoms with van der Waals surface area (Å²) in [7, 11) is -3.80. The smallest absolute Gasteiger partial charge is 0.264 e. The lowest BCUT2D eigenvalue weighted by Gasteiger charge is -2.36. The van der Waals surface area contributed by atoms with Gasteiger partial charge in [-0.25, -0.2) is 8.42 Å². The van der Waals surface area contributed by atoms with E-state index in [0.717, 1.165) is 16.7 Å². The number of rotatable bonds is 6. The number of aliphatic hydroxyl groups excluding tert-OH is 1. The van der Waals surface area contributed by atoms with Gasteiger partial charge in [-0.3, -0.25) is 4.31 Å². The Labute approximate surface area is 187 Å². The Morgan fingerprint density at radius 1 is 1.06 bits per heavy atom. The van der Waals surface area contributed by atoms with Gasteiger partial charge in [0.1, 0.15) is 11.9 Å². The molecule has 1 atom stereocenters. The first kappa shape index (κ1) is 21.7. The maximum absolute atomic E-state index is 13.6. The highest BCUT2D eigenvalue weighted by molar-refractivity contribution is 7.92. The summed E-state index contributed by atoms with van der Waals surface area (Å²) in [6.07, 6.45) is 0.765. The van der Waals surface area contributed by atoms with Gasteiger partial charge < -0.3 is 9.84 Å². The van der Waals surface area contributed by atoms with Crippen molar-refractivity contribution < 1.29 is 18.3 Å². The number of aliphatic hydroxyl groups is 1. The van der Waals surface area contributed by atoms with E-state index in [0.29, 0.717) is 29.3 Å². The maximum atomic E-state index is 13.6. The molecule has 31 heavy (non-hydrogen) atoms. The Kier molecular flexibility index (Phi) is 6.23. The number of aryl methyl sites for hydroxylation is 1. The lowest BCUT2D eigenvalue weighted by molar-refractivity contribution is 0.172. The van der Waals surface area contributed by atoms with E-state index >= 15 is 0 Å². The first-order valence-electron chi connectivity index (χ1n) is 10.2. The van der Waals surface area contributed by atoms with E-state index in [1.54, 1.807) is 30.3 Å². The third-order valence-electron chi connectivity index (χ3n) is 5.31. The molecule has 0 aliphatic carbocycles. The van der Waals surface area contributed by atoms with E-state index in [-0.39, 0.29) is 24.2 Å². The fraction of sp³-hybridized carbons (Fsp3) is 0.250. The van der Waals surface area contributed by atoms with E-state index in [9.17, 15) is 13.5 Å². The van der Waals surface area contributed by atoms with E-state index in [2.05, 4.69) is 0 Å². The SMILES string of the molecule is Cc1cccc(S(=O)(=O)N2C[C@H](CCCO)Oc3ccc(-c4cccc(Cl)c4)cc32)c1. The van der Waals surface area contributed by atoms with Crippen molar-refractivity contribution in [2.45, 2.75) is 30.8 Å². The molecule has 5 nitrogen and oxygen atoms in total. The minimum absolute atomic E-state index is 0.0328. The predicted molar refractivity (Wildman–Crippen MR) is 123 cm³/mol. The molecule has 162 valence electrons. The molecule has 0 amide bonds. The molecule has 0 bridgehead atoms. The number of sulfonamides is 1. The summed E-state index contributed by atoms with van der Waals surface area (Å²) in [6, 6.07) is 19.9. The van der Waals surface area contributed by atoms with Gasteiger partial charge in [-0.05, 0) is 72.9 Å². The van der Waals surface area contributed by atoms with Crippen molar-refractivity contribution in [2.75, 3.05) is 17.5 Å². The number of ether oxygens (including phenoxy) is 1. The number of fused-ring (bicyclic) bond motifs is 1. The number of anilines is 1. The van der Waals surface area contributed by atoms with Gasteiger partial charge in [0.2, 0.25) is 0 Å². The number of halogens is 1. The lowest BCUT2D eigenvalue weighted by atomic mass is 10.0. The number of nitrogens with zero attached hydrogens (tertiary/aromatic N) is 1. The highest BCUT2D eigenvalue weighted by Gasteiger charge is 2.34. The fourth-order valence-electron chi connectivity index (χ4n) is 3.76. The standard InChI is InChI=1S/C24H24ClNO4S/c1-17-5-2-9-22(13-17)31(28,29)26-16-21(8-4-12-27)30-24-11-10-19(15-23(24)26)18-6-3-7-20(25)14-18/h2-3,5-7,9-11,13-15,21,27H,4,8,12,16H2,1H3/t21-/m0/s1. The monoisotopic (exact) mass is 457 g/mol. The summed E-state index contributed by atoms with van der Waals surface area (Å²) < 4.78 is 34.8. The van der Waals surface area contributed by atoms with Crippen LogP contribution in [0.3, 0.4) is 0 Å². The summed E-state index contributed by atoms with van der Waals surface area (Å²) in [5, 5.41) is 9.82. The van der Waals surface area contributed by atoms with E-state index < -0.39 is 10.0 Å². The first-order chi connectivity index (χ1) is 14.9. The number of hydrogen-bond donors (Lipinski definition) is 1. The Balaban J connectivity index is 1.81.